The van der Waals surface area contributed by atoms with Crippen LogP contribution in [0.25, 0.3) is 0 Å². The Morgan fingerprint density at radius 2 is 1.56 bits per heavy atom. The Bertz CT molecular complexity index is 767. The molecular formula is C26H41NO5. The topological polar surface area (TPSA) is 81.7 Å². The van der Waals surface area contributed by atoms with Crippen LogP contribution in [0, 0.1) is 34.5 Å². The summed E-state index contributed by atoms with van der Waals surface area (Å²) in [7, 11) is 0. The molecule has 0 aliphatic heterocycles. The second-order valence-corrected chi connectivity index (χ2v) is 11.5. The summed E-state index contributed by atoms with van der Waals surface area (Å²) in [5.74, 6) is 1.92. The lowest BCUT2D eigenvalue weighted by Crippen LogP contribution is -2.57. The second-order valence-electron chi connectivity index (χ2n) is 11.5. The molecule has 4 aliphatic carbocycles. The highest BCUT2D eigenvalue weighted by molar-refractivity contribution is 5.76. The Morgan fingerprint density at radius 3 is 2.22 bits per heavy atom. The zero-order chi connectivity index (χ0) is 23.3. The fraction of sp³-hybridized carbons (Fsp3) is 0.885. The first-order chi connectivity index (χ1) is 15.1. The van der Waals surface area contributed by atoms with Crippen LogP contribution in [0.15, 0.2) is 0 Å². The summed E-state index contributed by atoms with van der Waals surface area (Å²) in [5, 5.41) is 3.24. The molecule has 0 heterocycles. The summed E-state index contributed by atoms with van der Waals surface area (Å²) in [6.45, 7) is 9.66. The van der Waals surface area contributed by atoms with E-state index >= 15 is 0 Å². The summed E-state index contributed by atoms with van der Waals surface area (Å²) >= 11 is 0. The first kappa shape index (κ1) is 23.6. The maximum atomic E-state index is 12.4. The molecule has 0 aromatic rings. The van der Waals surface area contributed by atoms with Crippen molar-refractivity contribution in [3.63, 3.8) is 0 Å². The van der Waals surface area contributed by atoms with Crippen LogP contribution >= 0.6 is 0 Å². The van der Waals surface area contributed by atoms with Crippen molar-refractivity contribution in [1.29, 1.82) is 0 Å². The molecule has 1 N–H and O–H groups in total. The minimum atomic E-state index is -0.260. The number of fused-ring (bicyclic) bond motifs is 5. The number of nitrogens with one attached hydrogen (secondary N) is 1. The number of hydrogen-bond donors (Lipinski definition) is 1. The molecule has 4 aliphatic rings. The number of rotatable bonds is 4. The third kappa shape index (κ3) is 3.96. The normalized spacial score (nSPS) is 45.1. The van der Waals surface area contributed by atoms with Crippen LogP contribution in [0.1, 0.15) is 92.4 Å². The summed E-state index contributed by atoms with van der Waals surface area (Å²) < 4.78 is 11.4. The van der Waals surface area contributed by atoms with Crippen LogP contribution in [0.4, 0.5) is 0 Å². The van der Waals surface area contributed by atoms with Crippen molar-refractivity contribution < 1.29 is 23.9 Å². The van der Waals surface area contributed by atoms with Crippen molar-refractivity contribution in [2.75, 3.05) is 0 Å². The van der Waals surface area contributed by atoms with Crippen LogP contribution in [-0.4, -0.2) is 36.1 Å². The van der Waals surface area contributed by atoms with Crippen LogP contribution in [-0.2, 0) is 23.9 Å². The number of esters is 2. The number of amides is 1. The average Bonchev–Trinajstić information content (AvgIpc) is 2.99. The zero-order valence-corrected chi connectivity index (χ0v) is 20.4. The van der Waals surface area contributed by atoms with E-state index in [0.29, 0.717) is 30.1 Å². The number of ether oxygens (including phenoxy) is 2. The van der Waals surface area contributed by atoms with Gasteiger partial charge in [0.05, 0.1) is 6.04 Å². The fourth-order valence-electron chi connectivity index (χ4n) is 8.41. The van der Waals surface area contributed by atoms with Crippen molar-refractivity contribution >= 4 is 17.8 Å². The third-order valence-corrected chi connectivity index (χ3v) is 9.91. The van der Waals surface area contributed by atoms with E-state index in [2.05, 4.69) is 19.2 Å². The molecule has 6 heteroatoms. The van der Waals surface area contributed by atoms with Crippen molar-refractivity contribution in [3.05, 3.63) is 0 Å². The van der Waals surface area contributed by atoms with E-state index in [1.165, 1.54) is 26.7 Å². The van der Waals surface area contributed by atoms with Gasteiger partial charge in [0.2, 0.25) is 5.91 Å². The monoisotopic (exact) mass is 447 g/mol. The van der Waals surface area contributed by atoms with Gasteiger partial charge < -0.3 is 14.8 Å². The van der Waals surface area contributed by atoms with Gasteiger partial charge in [0.25, 0.3) is 0 Å². The van der Waals surface area contributed by atoms with Gasteiger partial charge >= 0.3 is 11.9 Å². The molecule has 0 aromatic carbocycles. The Morgan fingerprint density at radius 1 is 0.875 bits per heavy atom. The molecule has 32 heavy (non-hydrogen) atoms. The number of hydrogen-bond acceptors (Lipinski definition) is 5. The predicted molar refractivity (Wildman–Crippen MR) is 120 cm³/mol. The molecule has 6 nitrogen and oxygen atoms in total. The first-order valence-electron chi connectivity index (χ1n) is 12.7. The third-order valence-electron chi connectivity index (χ3n) is 9.91. The molecule has 0 aromatic heterocycles. The molecule has 4 rings (SSSR count). The number of carbonyl (C=O) groups excluding carboxylic acids is 3. The van der Waals surface area contributed by atoms with Crippen molar-refractivity contribution in [3.8, 4) is 0 Å². The lowest BCUT2D eigenvalue weighted by atomic mass is 9.45. The number of carbonyl (C=O) groups is 3. The second kappa shape index (κ2) is 8.64. The zero-order valence-electron chi connectivity index (χ0n) is 20.4. The molecule has 0 spiro atoms. The Balaban J connectivity index is 1.56. The summed E-state index contributed by atoms with van der Waals surface area (Å²) in [5.41, 5.74) is 0.243. The van der Waals surface area contributed by atoms with Gasteiger partial charge in [-0.3, -0.25) is 14.4 Å². The van der Waals surface area contributed by atoms with Gasteiger partial charge in [0, 0.05) is 20.3 Å². The molecule has 0 unspecified atom stereocenters. The van der Waals surface area contributed by atoms with Gasteiger partial charge in [-0.2, -0.15) is 0 Å². The molecule has 1 amide bonds. The molecule has 4 fully saturated rings. The van der Waals surface area contributed by atoms with E-state index in [9.17, 15) is 14.4 Å². The minimum absolute atomic E-state index is 0.0374. The van der Waals surface area contributed by atoms with Crippen LogP contribution in [0.5, 0.6) is 0 Å². The molecule has 0 bridgehead atoms. The molecule has 9 atom stereocenters. The standard InChI is InChI=1S/C26H41NO5/c1-6-23(30)27-24-22(32-16(3)29)14-21-19-8-7-17-13-18(31-15(2)28)9-11-25(17,4)20(19)10-12-26(21,24)5/h17-22,24H,6-14H2,1-5H3,(H,27,30)/t17-,18-,19+,20-,21-,22+,24-,25-,26-/m0/s1. The van der Waals surface area contributed by atoms with Gasteiger partial charge in [-0.15, -0.1) is 0 Å². The maximum absolute atomic E-state index is 12.4. The molecule has 0 radical (unpaired) electrons. The van der Waals surface area contributed by atoms with Gasteiger partial charge in [-0.05, 0) is 85.9 Å². The summed E-state index contributed by atoms with van der Waals surface area (Å²) in [6.07, 6.45) is 8.77. The van der Waals surface area contributed by atoms with Gasteiger partial charge in [0.1, 0.15) is 12.2 Å². The van der Waals surface area contributed by atoms with E-state index in [-0.39, 0.29) is 46.9 Å². The van der Waals surface area contributed by atoms with E-state index < -0.39 is 0 Å². The van der Waals surface area contributed by atoms with E-state index in [4.69, 9.17) is 9.47 Å². The van der Waals surface area contributed by atoms with Crippen molar-refractivity contribution in [1.82, 2.24) is 5.32 Å². The maximum Gasteiger partial charge on any atom is 0.302 e. The minimum Gasteiger partial charge on any atom is -0.463 e. The summed E-state index contributed by atoms with van der Waals surface area (Å²) in [4.78, 5) is 35.7. The first-order valence-corrected chi connectivity index (χ1v) is 12.7. The lowest BCUT2D eigenvalue weighted by Gasteiger charge is -2.60. The van der Waals surface area contributed by atoms with Crippen LogP contribution < -0.4 is 5.32 Å². The van der Waals surface area contributed by atoms with Gasteiger partial charge in [-0.1, -0.05) is 20.8 Å². The van der Waals surface area contributed by atoms with E-state index in [0.717, 1.165) is 38.5 Å². The Kier molecular flexibility index (Phi) is 6.36. The molecule has 0 saturated heterocycles. The van der Waals surface area contributed by atoms with Crippen LogP contribution in [0.2, 0.25) is 0 Å². The van der Waals surface area contributed by atoms with Crippen molar-refractivity contribution in [2.24, 2.45) is 34.5 Å². The largest absolute Gasteiger partial charge is 0.463 e. The van der Waals surface area contributed by atoms with Crippen LogP contribution in [0.3, 0.4) is 0 Å². The average molecular weight is 448 g/mol. The van der Waals surface area contributed by atoms with E-state index in [1.807, 2.05) is 6.92 Å². The lowest BCUT2D eigenvalue weighted by molar-refractivity contribution is -0.159. The quantitative estimate of drug-likeness (QED) is 0.646. The fourth-order valence-corrected chi connectivity index (χ4v) is 8.41. The molecular weight excluding hydrogens is 406 g/mol. The SMILES string of the molecule is CCC(=O)N[C@H]1[C@H](OC(C)=O)C[C@H]2[C@@H]3CC[C@H]4C[C@@H](OC(C)=O)CC[C@]4(C)[C@H]3CC[C@@]21C. The van der Waals surface area contributed by atoms with Gasteiger partial charge in [-0.25, -0.2) is 0 Å². The highest BCUT2D eigenvalue weighted by Crippen LogP contribution is 2.66. The van der Waals surface area contributed by atoms with Gasteiger partial charge in [0.15, 0.2) is 0 Å². The molecule has 180 valence electrons. The molecule has 4 saturated carbocycles. The van der Waals surface area contributed by atoms with Crippen molar-refractivity contribution in [2.45, 2.75) is 111 Å². The Hall–Kier alpha value is -1.59. The Labute approximate surface area is 192 Å². The smallest absolute Gasteiger partial charge is 0.302 e. The summed E-state index contributed by atoms with van der Waals surface area (Å²) in [6, 6.07) is -0.102. The van der Waals surface area contributed by atoms with E-state index in [1.54, 1.807) is 0 Å². The highest BCUT2D eigenvalue weighted by Gasteiger charge is 2.63. The predicted octanol–water partition coefficient (Wildman–Crippen LogP) is 4.40. The highest BCUT2D eigenvalue weighted by atomic mass is 16.5.